The van der Waals surface area contributed by atoms with Crippen LogP contribution in [0.2, 0.25) is 0 Å². The van der Waals surface area contributed by atoms with E-state index in [1.165, 1.54) is 25.0 Å². The number of rotatable bonds is 3. The number of anilines is 1. The van der Waals surface area contributed by atoms with Gasteiger partial charge in [0.2, 0.25) is 0 Å². The molecule has 21 heavy (non-hydrogen) atoms. The molecule has 1 aromatic carbocycles. The normalized spacial score (nSPS) is 23.5. The fourth-order valence-corrected chi connectivity index (χ4v) is 3.52. The maximum Gasteiger partial charge on any atom is 0.272 e. The van der Waals surface area contributed by atoms with Crippen molar-refractivity contribution in [2.45, 2.75) is 31.7 Å². The van der Waals surface area contributed by atoms with E-state index in [9.17, 15) is 14.5 Å². The maximum atomic E-state index is 14.0. The van der Waals surface area contributed by atoms with Gasteiger partial charge < -0.3 is 10.2 Å². The molecule has 0 bridgehead atoms. The summed E-state index contributed by atoms with van der Waals surface area (Å²) in [5.41, 5.74) is 0.291. The zero-order valence-electron chi connectivity index (χ0n) is 11.9. The molecule has 5 nitrogen and oxygen atoms in total. The van der Waals surface area contributed by atoms with Crippen LogP contribution >= 0.6 is 0 Å². The van der Waals surface area contributed by atoms with Crippen LogP contribution in [0, 0.1) is 21.8 Å². The highest BCUT2D eigenvalue weighted by atomic mass is 19.1. The van der Waals surface area contributed by atoms with E-state index in [0.29, 0.717) is 17.6 Å². The summed E-state index contributed by atoms with van der Waals surface area (Å²) < 4.78 is 14.0. The minimum atomic E-state index is -0.565. The van der Waals surface area contributed by atoms with Gasteiger partial charge in [0.15, 0.2) is 5.82 Å². The van der Waals surface area contributed by atoms with Crippen LogP contribution in [0.5, 0.6) is 0 Å². The number of non-ortho nitro benzene ring substituents is 1. The number of benzene rings is 1. The third-order valence-corrected chi connectivity index (χ3v) is 4.69. The van der Waals surface area contributed by atoms with Crippen molar-refractivity contribution in [3.8, 4) is 0 Å². The Hall–Kier alpha value is -1.69. The summed E-state index contributed by atoms with van der Waals surface area (Å²) in [5, 5.41) is 14.2. The highest BCUT2D eigenvalue weighted by Crippen LogP contribution is 2.30. The van der Waals surface area contributed by atoms with Crippen LogP contribution in [-0.4, -0.2) is 30.6 Å². The van der Waals surface area contributed by atoms with E-state index in [2.05, 4.69) is 5.32 Å². The van der Waals surface area contributed by atoms with Gasteiger partial charge in [-0.25, -0.2) is 4.39 Å². The molecular formula is C15H20FN3O2. The number of hydrogen-bond donors (Lipinski definition) is 1. The van der Waals surface area contributed by atoms with Gasteiger partial charge in [-0.3, -0.25) is 10.1 Å². The number of nitro benzene ring substituents is 1. The lowest BCUT2D eigenvalue weighted by molar-refractivity contribution is -0.385. The molecular weight excluding hydrogens is 273 g/mol. The third kappa shape index (κ3) is 3.00. The van der Waals surface area contributed by atoms with E-state index in [1.54, 1.807) is 0 Å². The van der Waals surface area contributed by atoms with Crippen LogP contribution in [0.1, 0.15) is 25.7 Å². The monoisotopic (exact) mass is 293 g/mol. The smallest absolute Gasteiger partial charge is 0.272 e. The average Bonchev–Trinajstić information content (AvgIpc) is 3.01. The predicted octanol–water partition coefficient (Wildman–Crippen LogP) is 2.70. The van der Waals surface area contributed by atoms with Crippen molar-refractivity contribution in [2.24, 2.45) is 5.92 Å². The Labute approximate surface area is 123 Å². The summed E-state index contributed by atoms with van der Waals surface area (Å²) in [6, 6.07) is 4.54. The first-order valence-electron chi connectivity index (χ1n) is 7.57. The van der Waals surface area contributed by atoms with Gasteiger partial charge >= 0.3 is 0 Å². The second kappa shape index (κ2) is 5.97. The fourth-order valence-electron chi connectivity index (χ4n) is 3.52. The molecule has 0 saturated carbocycles. The SMILES string of the molecule is O=[N+]([O-])c1ccc(N2CCC(C3CCCN3)CC2)c(F)c1. The van der Waals surface area contributed by atoms with E-state index in [0.717, 1.165) is 38.5 Å². The van der Waals surface area contributed by atoms with Crippen molar-refractivity contribution < 1.29 is 9.31 Å². The molecule has 0 radical (unpaired) electrons. The Morgan fingerprint density at radius 1 is 1.29 bits per heavy atom. The summed E-state index contributed by atoms with van der Waals surface area (Å²) in [7, 11) is 0. The first kappa shape index (κ1) is 14.3. The Kier molecular flexibility index (Phi) is 4.05. The molecule has 0 aromatic heterocycles. The molecule has 1 unspecified atom stereocenters. The first-order chi connectivity index (χ1) is 10.1. The molecule has 2 saturated heterocycles. The second-order valence-electron chi connectivity index (χ2n) is 5.92. The summed E-state index contributed by atoms with van der Waals surface area (Å²) in [4.78, 5) is 12.1. The minimum absolute atomic E-state index is 0.193. The number of nitrogens with one attached hydrogen (secondary N) is 1. The Morgan fingerprint density at radius 3 is 2.62 bits per heavy atom. The van der Waals surface area contributed by atoms with Crippen LogP contribution < -0.4 is 10.2 Å². The van der Waals surface area contributed by atoms with Crippen molar-refractivity contribution >= 4 is 11.4 Å². The molecule has 2 aliphatic heterocycles. The van der Waals surface area contributed by atoms with Crippen LogP contribution in [0.3, 0.4) is 0 Å². The standard InChI is InChI=1S/C15H20FN3O2/c16-13-10-12(19(20)21)3-4-15(13)18-8-5-11(6-9-18)14-2-1-7-17-14/h3-4,10-11,14,17H,1-2,5-9H2. The lowest BCUT2D eigenvalue weighted by Gasteiger charge is -2.36. The molecule has 1 N–H and O–H groups in total. The number of halogens is 1. The van der Waals surface area contributed by atoms with Gasteiger partial charge in [0.05, 0.1) is 16.7 Å². The summed E-state index contributed by atoms with van der Waals surface area (Å²) in [6.07, 6.45) is 4.60. The lowest BCUT2D eigenvalue weighted by Crippen LogP contribution is -2.41. The molecule has 0 aliphatic carbocycles. The van der Waals surface area contributed by atoms with Crippen molar-refractivity contribution in [2.75, 3.05) is 24.5 Å². The van der Waals surface area contributed by atoms with Crippen molar-refractivity contribution in [1.29, 1.82) is 0 Å². The van der Waals surface area contributed by atoms with E-state index in [-0.39, 0.29) is 5.69 Å². The molecule has 0 spiro atoms. The van der Waals surface area contributed by atoms with Crippen molar-refractivity contribution in [3.63, 3.8) is 0 Å². The minimum Gasteiger partial charge on any atom is -0.369 e. The van der Waals surface area contributed by atoms with E-state index in [4.69, 9.17) is 0 Å². The van der Waals surface area contributed by atoms with Crippen LogP contribution in [0.15, 0.2) is 18.2 Å². The maximum absolute atomic E-state index is 14.0. The number of piperidine rings is 1. The fraction of sp³-hybridized carbons (Fsp3) is 0.600. The second-order valence-corrected chi connectivity index (χ2v) is 5.92. The number of hydrogen-bond acceptors (Lipinski definition) is 4. The van der Waals surface area contributed by atoms with Gasteiger partial charge in [-0.1, -0.05) is 0 Å². The largest absolute Gasteiger partial charge is 0.369 e. The van der Waals surface area contributed by atoms with E-state index in [1.807, 2.05) is 4.90 Å². The Morgan fingerprint density at radius 2 is 2.05 bits per heavy atom. The number of nitrogens with zero attached hydrogens (tertiary/aromatic N) is 2. The molecule has 114 valence electrons. The first-order valence-corrected chi connectivity index (χ1v) is 7.57. The highest BCUT2D eigenvalue weighted by molar-refractivity contribution is 5.52. The van der Waals surface area contributed by atoms with Crippen LogP contribution in [0.25, 0.3) is 0 Å². The zero-order valence-corrected chi connectivity index (χ0v) is 11.9. The molecule has 1 atom stereocenters. The third-order valence-electron chi connectivity index (χ3n) is 4.69. The lowest BCUT2D eigenvalue weighted by atomic mass is 9.88. The zero-order chi connectivity index (χ0) is 14.8. The molecule has 2 aliphatic rings. The van der Waals surface area contributed by atoms with Gasteiger partial charge in [0.1, 0.15) is 0 Å². The predicted molar refractivity (Wildman–Crippen MR) is 79.0 cm³/mol. The summed E-state index contributed by atoms with van der Waals surface area (Å²) >= 11 is 0. The number of nitro groups is 1. The molecule has 2 fully saturated rings. The van der Waals surface area contributed by atoms with E-state index < -0.39 is 10.7 Å². The Bertz CT molecular complexity index is 524. The van der Waals surface area contributed by atoms with Gasteiger partial charge in [-0.05, 0) is 44.2 Å². The molecule has 1 aromatic rings. The molecule has 6 heteroatoms. The molecule has 2 heterocycles. The topological polar surface area (TPSA) is 58.4 Å². The summed E-state index contributed by atoms with van der Waals surface area (Å²) in [6.45, 7) is 2.75. The highest BCUT2D eigenvalue weighted by Gasteiger charge is 2.29. The summed E-state index contributed by atoms with van der Waals surface area (Å²) in [5.74, 6) is 0.173. The van der Waals surface area contributed by atoms with Gasteiger partial charge in [0.25, 0.3) is 5.69 Å². The molecule has 3 rings (SSSR count). The quantitative estimate of drug-likeness (QED) is 0.687. The van der Waals surface area contributed by atoms with Crippen molar-refractivity contribution in [3.05, 3.63) is 34.1 Å². The molecule has 0 amide bonds. The van der Waals surface area contributed by atoms with Gasteiger partial charge in [-0.2, -0.15) is 0 Å². The average molecular weight is 293 g/mol. The van der Waals surface area contributed by atoms with E-state index >= 15 is 0 Å². The Balaban J connectivity index is 1.65. The van der Waals surface area contributed by atoms with Crippen LogP contribution in [0.4, 0.5) is 15.8 Å². The van der Waals surface area contributed by atoms with Gasteiger partial charge in [0, 0.05) is 25.2 Å². The van der Waals surface area contributed by atoms with Gasteiger partial charge in [-0.15, -0.1) is 0 Å². The van der Waals surface area contributed by atoms with Crippen LogP contribution in [-0.2, 0) is 0 Å². The van der Waals surface area contributed by atoms with Crippen molar-refractivity contribution in [1.82, 2.24) is 5.32 Å².